The van der Waals surface area contributed by atoms with Gasteiger partial charge in [-0.15, -0.1) is 10.2 Å². The molecule has 10 heteroatoms. The van der Waals surface area contributed by atoms with Crippen LogP contribution in [0.5, 0.6) is 0 Å². The molecule has 1 saturated heterocycles. The van der Waals surface area contributed by atoms with E-state index in [1.807, 2.05) is 0 Å². The lowest BCUT2D eigenvalue weighted by Crippen LogP contribution is -2.39. The van der Waals surface area contributed by atoms with Gasteiger partial charge in [-0.05, 0) is 25.0 Å². The van der Waals surface area contributed by atoms with Gasteiger partial charge in [0.1, 0.15) is 5.58 Å². The lowest BCUT2D eigenvalue weighted by atomic mass is 9.98. The summed E-state index contributed by atoms with van der Waals surface area (Å²) in [6, 6.07) is 7.69. The first-order valence-electron chi connectivity index (χ1n) is 8.55. The van der Waals surface area contributed by atoms with Crippen molar-refractivity contribution in [2.24, 2.45) is 0 Å². The topological polar surface area (TPSA) is 89.4 Å². The van der Waals surface area contributed by atoms with Crippen LogP contribution in [0, 0.1) is 0 Å². The Morgan fingerprint density at radius 2 is 1.96 bits per heavy atom. The molecule has 1 amide bonds. The van der Waals surface area contributed by atoms with Crippen LogP contribution in [0.1, 0.15) is 41.1 Å². The number of rotatable bonds is 2. The van der Waals surface area contributed by atoms with E-state index in [9.17, 15) is 22.8 Å². The third-order valence-corrected chi connectivity index (χ3v) is 4.59. The maximum Gasteiger partial charge on any atom is 0.470 e. The Balaban J connectivity index is 1.57. The van der Waals surface area contributed by atoms with Gasteiger partial charge in [-0.1, -0.05) is 12.1 Å². The standard InChI is InChI=1S/C18H14F3N3O4/c19-18(20,21)17-23-22-15(28-17)10-4-3-7-24(9-10)16(26)14-8-12(25)11-5-1-2-6-13(11)27-14/h1-2,5-6,8,10H,3-4,7,9H2. The minimum Gasteiger partial charge on any atom is -0.451 e. The third kappa shape index (κ3) is 3.37. The molecule has 3 heterocycles. The van der Waals surface area contributed by atoms with Gasteiger partial charge in [0.2, 0.25) is 5.89 Å². The van der Waals surface area contributed by atoms with E-state index in [0.717, 1.165) is 6.07 Å². The summed E-state index contributed by atoms with van der Waals surface area (Å²) in [5.74, 6) is -2.72. The first-order valence-corrected chi connectivity index (χ1v) is 8.55. The molecule has 7 nitrogen and oxygen atoms in total. The number of benzene rings is 1. The number of para-hydroxylation sites is 1. The van der Waals surface area contributed by atoms with E-state index >= 15 is 0 Å². The van der Waals surface area contributed by atoms with Crippen molar-refractivity contribution in [2.75, 3.05) is 13.1 Å². The molecule has 0 spiro atoms. The predicted molar refractivity (Wildman–Crippen MR) is 89.7 cm³/mol. The fourth-order valence-corrected chi connectivity index (χ4v) is 3.24. The number of halogens is 3. The number of fused-ring (bicyclic) bond motifs is 1. The van der Waals surface area contributed by atoms with Gasteiger partial charge < -0.3 is 13.7 Å². The first kappa shape index (κ1) is 18.2. The molecule has 1 aliphatic rings. The quantitative estimate of drug-likeness (QED) is 0.664. The molecule has 4 rings (SSSR count). The van der Waals surface area contributed by atoms with Crippen molar-refractivity contribution in [3.8, 4) is 0 Å². The monoisotopic (exact) mass is 393 g/mol. The molecular weight excluding hydrogens is 379 g/mol. The Morgan fingerprint density at radius 3 is 2.71 bits per heavy atom. The molecular formula is C18H14F3N3O4. The summed E-state index contributed by atoms with van der Waals surface area (Å²) in [6.45, 7) is 0.473. The minimum atomic E-state index is -4.72. The van der Waals surface area contributed by atoms with Gasteiger partial charge in [0.15, 0.2) is 11.2 Å². The number of amides is 1. The molecule has 1 aromatic carbocycles. The van der Waals surface area contributed by atoms with Gasteiger partial charge in [-0.3, -0.25) is 9.59 Å². The van der Waals surface area contributed by atoms with Crippen LogP contribution >= 0.6 is 0 Å². The van der Waals surface area contributed by atoms with Crippen molar-refractivity contribution in [1.82, 2.24) is 15.1 Å². The summed E-state index contributed by atoms with van der Waals surface area (Å²) < 4.78 is 48.3. The zero-order chi connectivity index (χ0) is 19.9. The van der Waals surface area contributed by atoms with Crippen LogP contribution < -0.4 is 5.43 Å². The maximum absolute atomic E-state index is 12.8. The predicted octanol–water partition coefficient (Wildman–Crippen LogP) is 3.21. The normalized spacial score (nSPS) is 17.8. The van der Waals surface area contributed by atoms with Gasteiger partial charge in [0.05, 0.1) is 11.3 Å². The summed E-state index contributed by atoms with van der Waals surface area (Å²) in [5.41, 5.74) is -0.0518. The van der Waals surface area contributed by atoms with E-state index in [-0.39, 0.29) is 23.6 Å². The Kier molecular flexibility index (Phi) is 4.40. The van der Waals surface area contributed by atoms with Crippen LogP contribution in [0.4, 0.5) is 13.2 Å². The van der Waals surface area contributed by atoms with Crippen molar-refractivity contribution in [2.45, 2.75) is 24.9 Å². The number of hydrogen-bond acceptors (Lipinski definition) is 6. The van der Waals surface area contributed by atoms with Crippen LogP contribution in [0.2, 0.25) is 0 Å². The fourth-order valence-electron chi connectivity index (χ4n) is 3.24. The Bertz CT molecular complexity index is 1090. The molecule has 0 aliphatic carbocycles. The first-order chi connectivity index (χ1) is 13.3. The second kappa shape index (κ2) is 6.77. The molecule has 0 bridgehead atoms. The van der Waals surface area contributed by atoms with E-state index in [1.54, 1.807) is 24.3 Å². The molecule has 1 aliphatic heterocycles. The maximum atomic E-state index is 12.8. The number of aromatic nitrogens is 2. The van der Waals surface area contributed by atoms with Gasteiger partial charge in [-0.25, -0.2) is 0 Å². The van der Waals surface area contributed by atoms with Crippen LogP contribution in [-0.2, 0) is 6.18 Å². The van der Waals surface area contributed by atoms with Crippen molar-refractivity contribution in [3.05, 3.63) is 58.1 Å². The van der Waals surface area contributed by atoms with Crippen LogP contribution in [-0.4, -0.2) is 34.1 Å². The highest BCUT2D eigenvalue weighted by molar-refractivity contribution is 5.93. The summed E-state index contributed by atoms with van der Waals surface area (Å²) in [4.78, 5) is 26.4. The Hall–Kier alpha value is -3.17. The SMILES string of the molecule is O=C(c1cc(=O)c2ccccc2o1)N1CCCC(c2nnc(C(F)(F)F)o2)C1. The van der Waals surface area contributed by atoms with E-state index < -0.39 is 23.9 Å². The van der Waals surface area contributed by atoms with Gasteiger partial charge in [0.25, 0.3) is 5.91 Å². The van der Waals surface area contributed by atoms with Gasteiger partial charge >= 0.3 is 12.1 Å². The number of alkyl halides is 3. The second-order valence-corrected chi connectivity index (χ2v) is 6.50. The second-order valence-electron chi connectivity index (χ2n) is 6.50. The van der Waals surface area contributed by atoms with Gasteiger partial charge in [0, 0.05) is 19.2 Å². The summed E-state index contributed by atoms with van der Waals surface area (Å²) >= 11 is 0. The Labute approximate surface area is 155 Å². The molecule has 0 radical (unpaired) electrons. The minimum absolute atomic E-state index is 0.0921. The zero-order valence-corrected chi connectivity index (χ0v) is 14.4. The smallest absolute Gasteiger partial charge is 0.451 e. The highest BCUT2D eigenvalue weighted by Crippen LogP contribution is 2.32. The highest BCUT2D eigenvalue weighted by Gasteiger charge is 2.39. The van der Waals surface area contributed by atoms with E-state index in [1.165, 1.54) is 4.90 Å². The molecule has 146 valence electrons. The van der Waals surface area contributed by atoms with Crippen molar-refractivity contribution in [3.63, 3.8) is 0 Å². The molecule has 0 N–H and O–H groups in total. The molecule has 0 saturated carbocycles. The Morgan fingerprint density at radius 1 is 1.18 bits per heavy atom. The van der Waals surface area contributed by atoms with Crippen molar-refractivity contribution >= 4 is 16.9 Å². The zero-order valence-electron chi connectivity index (χ0n) is 14.4. The number of piperidine rings is 1. The number of likely N-dealkylation sites (tertiary alicyclic amines) is 1. The number of nitrogens with zero attached hydrogens (tertiary/aromatic N) is 3. The molecule has 1 fully saturated rings. The summed E-state index contributed by atoms with van der Waals surface area (Å²) in [5, 5.41) is 6.87. The van der Waals surface area contributed by atoms with E-state index in [4.69, 9.17) is 8.83 Å². The highest BCUT2D eigenvalue weighted by atomic mass is 19.4. The van der Waals surface area contributed by atoms with Crippen molar-refractivity contribution in [1.29, 1.82) is 0 Å². The summed E-state index contributed by atoms with van der Waals surface area (Å²) in [6.07, 6.45) is -3.67. The molecule has 1 unspecified atom stereocenters. The molecule has 3 aromatic rings. The van der Waals surface area contributed by atoms with Crippen LogP contribution in [0.3, 0.4) is 0 Å². The third-order valence-electron chi connectivity index (χ3n) is 4.59. The average Bonchev–Trinajstić information content (AvgIpc) is 3.18. The molecule has 1 atom stereocenters. The van der Waals surface area contributed by atoms with Crippen LogP contribution in [0.15, 0.2) is 44.0 Å². The average molecular weight is 393 g/mol. The van der Waals surface area contributed by atoms with Gasteiger partial charge in [-0.2, -0.15) is 13.2 Å². The number of carbonyl (C=O) groups is 1. The lowest BCUT2D eigenvalue weighted by Gasteiger charge is -2.30. The number of carbonyl (C=O) groups excluding carboxylic acids is 1. The van der Waals surface area contributed by atoms with E-state index in [0.29, 0.717) is 30.4 Å². The molecule has 2 aromatic heterocycles. The van der Waals surface area contributed by atoms with E-state index in [2.05, 4.69) is 10.2 Å². The van der Waals surface area contributed by atoms with Crippen LogP contribution in [0.25, 0.3) is 11.0 Å². The lowest BCUT2D eigenvalue weighted by molar-refractivity contribution is -0.157. The largest absolute Gasteiger partial charge is 0.470 e. The summed E-state index contributed by atoms with van der Waals surface area (Å²) in [7, 11) is 0. The van der Waals surface area contributed by atoms with Crippen molar-refractivity contribution < 1.29 is 26.8 Å². The fraction of sp³-hybridized carbons (Fsp3) is 0.333. The number of hydrogen-bond donors (Lipinski definition) is 0. The molecule has 28 heavy (non-hydrogen) atoms.